The Morgan fingerprint density at radius 3 is 2.69 bits per heavy atom. The Kier molecular flexibility index (Phi) is 4.05. The number of fused-ring (bicyclic) bond motifs is 1. The molecule has 1 aliphatic heterocycles. The lowest BCUT2D eigenvalue weighted by molar-refractivity contribution is 0.120. The maximum Gasteiger partial charge on any atom is 0.263 e. The summed E-state index contributed by atoms with van der Waals surface area (Å²) in [5.41, 5.74) is 2.14. The summed E-state index contributed by atoms with van der Waals surface area (Å²) < 4.78 is 1.53. The van der Waals surface area contributed by atoms with Crippen molar-refractivity contribution in [1.29, 1.82) is 0 Å². The number of aromatic nitrogens is 1. The van der Waals surface area contributed by atoms with E-state index in [0.29, 0.717) is 23.0 Å². The molecule has 4 rings (SSSR count). The number of aryl methyl sites for hydroxylation is 1. The topological polar surface area (TPSA) is 63.8 Å². The van der Waals surface area contributed by atoms with Gasteiger partial charge in [0, 0.05) is 18.9 Å². The van der Waals surface area contributed by atoms with Gasteiger partial charge in [0.1, 0.15) is 17.0 Å². The molecule has 1 aromatic heterocycles. The Morgan fingerprint density at radius 1 is 1.15 bits per heavy atom. The lowest BCUT2D eigenvalue weighted by Crippen LogP contribution is -2.25. The number of hydrogen-bond donors (Lipinski definition) is 1. The molecule has 2 aromatic carbocycles. The summed E-state index contributed by atoms with van der Waals surface area (Å²) in [5, 5.41) is 15.3. The van der Waals surface area contributed by atoms with E-state index in [1.54, 1.807) is 19.2 Å². The van der Waals surface area contributed by atoms with Gasteiger partial charge in [-0.1, -0.05) is 53.7 Å². The van der Waals surface area contributed by atoms with Crippen LogP contribution in [0, 0.1) is 0 Å². The molecule has 130 valence electrons. The quantitative estimate of drug-likeness (QED) is 0.790. The number of oxime groups is 1. The summed E-state index contributed by atoms with van der Waals surface area (Å²) in [6.45, 7) is 0. The van der Waals surface area contributed by atoms with Gasteiger partial charge in [-0.3, -0.25) is 4.79 Å². The van der Waals surface area contributed by atoms with Gasteiger partial charge in [0.2, 0.25) is 0 Å². The molecule has 1 N–H and O–H groups in total. The summed E-state index contributed by atoms with van der Waals surface area (Å²) in [6.07, 6.45) is 4.04. The van der Waals surface area contributed by atoms with Crippen molar-refractivity contribution in [2.45, 2.75) is 12.5 Å². The number of rotatable bonds is 3. The minimum Gasteiger partial charge on any atom is -0.506 e. The second kappa shape index (κ2) is 6.52. The summed E-state index contributed by atoms with van der Waals surface area (Å²) in [6, 6.07) is 17.1. The summed E-state index contributed by atoms with van der Waals surface area (Å²) in [4.78, 5) is 18.2. The summed E-state index contributed by atoms with van der Waals surface area (Å²) in [7, 11) is 1.69. The molecule has 0 amide bonds. The summed E-state index contributed by atoms with van der Waals surface area (Å²) >= 11 is 0. The lowest BCUT2D eigenvalue weighted by Gasteiger charge is -2.11. The Balaban J connectivity index is 1.65. The Bertz CT molecular complexity index is 1080. The van der Waals surface area contributed by atoms with Gasteiger partial charge in [0.25, 0.3) is 5.56 Å². The summed E-state index contributed by atoms with van der Waals surface area (Å²) in [5.74, 6) is -0.0428. The average Bonchev–Trinajstić information content (AvgIpc) is 3.14. The second-order valence-electron chi connectivity index (χ2n) is 6.26. The van der Waals surface area contributed by atoms with Gasteiger partial charge in [-0.25, -0.2) is 0 Å². The van der Waals surface area contributed by atoms with E-state index in [4.69, 9.17) is 4.84 Å². The third-order valence-electron chi connectivity index (χ3n) is 4.56. The van der Waals surface area contributed by atoms with Crippen molar-refractivity contribution in [1.82, 2.24) is 4.57 Å². The fourth-order valence-corrected chi connectivity index (χ4v) is 3.17. The van der Waals surface area contributed by atoms with Crippen LogP contribution in [-0.4, -0.2) is 21.5 Å². The van der Waals surface area contributed by atoms with E-state index in [-0.39, 0.29) is 23.0 Å². The van der Waals surface area contributed by atoms with Crippen LogP contribution >= 0.6 is 0 Å². The first-order chi connectivity index (χ1) is 12.6. The number of nitrogens with zero attached hydrogens (tertiary/aromatic N) is 2. The van der Waals surface area contributed by atoms with Crippen LogP contribution in [0.25, 0.3) is 17.0 Å². The Hall–Kier alpha value is -3.34. The zero-order valence-corrected chi connectivity index (χ0v) is 14.3. The van der Waals surface area contributed by atoms with E-state index in [2.05, 4.69) is 5.16 Å². The zero-order valence-electron chi connectivity index (χ0n) is 14.3. The predicted octanol–water partition coefficient (Wildman–Crippen LogP) is 3.45. The van der Waals surface area contributed by atoms with Crippen LogP contribution < -0.4 is 5.56 Å². The van der Waals surface area contributed by atoms with Gasteiger partial charge < -0.3 is 14.5 Å². The average molecular weight is 346 g/mol. The largest absolute Gasteiger partial charge is 0.506 e. The minimum atomic E-state index is -0.281. The van der Waals surface area contributed by atoms with Gasteiger partial charge >= 0.3 is 0 Å². The molecule has 5 heteroatoms. The highest BCUT2D eigenvalue weighted by molar-refractivity contribution is 6.07. The van der Waals surface area contributed by atoms with Gasteiger partial charge in [-0.2, -0.15) is 0 Å². The number of hydrogen-bond acceptors (Lipinski definition) is 4. The van der Waals surface area contributed by atoms with Gasteiger partial charge in [-0.05, 0) is 23.8 Å². The van der Waals surface area contributed by atoms with E-state index < -0.39 is 0 Å². The fourth-order valence-electron chi connectivity index (χ4n) is 3.17. The van der Waals surface area contributed by atoms with Crippen LogP contribution in [0.1, 0.15) is 17.5 Å². The third-order valence-corrected chi connectivity index (χ3v) is 4.56. The zero-order chi connectivity index (χ0) is 18.1. The molecule has 0 saturated heterocycles. The van der Waals surface area contributed by atoms with Crippen LogP contribution in [0.15, 0.2) is 70.6 Å². The van der Waals surface area contributed by atoms with E-state index in [1.807, 2.05) is 54.6 Å². The SMILES string of the molecule is Cn1c(=O)c(C2=NOC(/C=C/c3ccccc3)C2)c(O)c2ccccc21. The molecular weight excluding hydrogens is 328 g/mol. The number of benzene rings is 2. The van der Waals surface area contributed by atoms with Crippen molar-refractivity contribution in [2.24, 2.45) is 12.2 Å². The van der Waals surface area contributed by atoms with E-state index in [1.165, 1.54) is 4.57 Å². The molecule has 1 atom stereocenters. The predicted molar refractivity (Wildman–Crippen MR) is 102 cm³/mol. The lowest BCUT2D eigenvalue weighted by atomic mass is 10.0. The molecule has 0 radical (unpaired) electrons. The molecule has 1 aliphatic rings. The standard InChI is InChI=1S/C21H18N2O3/c1-23-18-10-6-5-9-16(18)20(24)19(21(23)25)17-13-15(26-22-17)12-11-14-7-3-2-4-8-14/h2-12,15,24H,13H2,1H3/b12-11+. The molecule has 0 spiro atoms. The first-order valence-corrected chi connectivity index (χ1v) is 8.42. The van der Waals surface area contributed by atoms with Crippen LogP contribution in [0.3, 0.4) is 0 Å². The minimum absolute atomic E-state index is 0.0428. The van der Waals surface area contributed by atoms with Crippen LogP contribution in [0.2, 0.25) is 0 Å². The molecule has 0 bridgehead atoms. The van der Waals surface area contributed by atoms with Crippen LogP contribution in [0.4, 0.5) is 0 Å². The highest BCUT2D eigenvalue weighted by Gasteiger charge is 2.26. The van der Waals surface area contributed by atoms with Crippen molar-refractivity contribution in [3.63, 3.8) is 0 Å². The van der Waals surface area contributed by atoms with Gasteiger partial charge in [0.05, 0.1) is 5.52 Å². The molecule has 2 heterocycles. The number of aromatic hydroxyl groups is 1. The maximum atomic E-state index is 12.7. The molecule has 5 nitrogen and oxygen atoms in total. The van der Waals surface area contributed by atoms with Crippen molar-refractivity contribution >= 4 is 22.7 Å². The molecule has 0 saturated carbocycles. The van der Waals surface area contributed by atoms with Crippen molar-refractivity contribution in [3.05, 3.63) is 82.2 Å². The Morgan fingerprint density at radius 2 is 1.88 bits per heavy atom. The molecule has 26 heavy (non-hydrogen) atoms. The highest BCUT2D eigenvalue weighted by atomic mass is 16.6. The third kappa shape index (κ3) is 2.77. The van der Waals surface area contributed by atoms with Crippen LogP contribution in [0.5, 0.6) is 5.75 Å². The molecule has 0 aliphatic carbocycles. The first kappa shape index (κ1) is 16.1. The first-order valence-electron chi connectivity index (χ1n) is 8.42. The highest BCUT2D eigenvalue weighted by Crippen LogP contribution is 2.29. The normalized spacial score (nSPS) is 16.8. The Labute approximate surface area is 150 Å². The number of pyridine rings is 1. The molecular formula is C21H18N2O3. The number of para-hydroxylation sites is 1. The van der Waals surface area contributed by atoms with Crippen molar-refractivity contribution in [2.75, 3.05) is 0 Å². The van der Waals surface area contributed by atoms with Gasteiger partial charge in [0.15, 0.2) is 6.10 Å². The van der Waals surface area contributed by atoms with Gasteiger partial charge in [-0.15, -0.1) is 0 Å². The van der Waals surface area contributed by atoms with Crippen molar-refractivity contribution in [3.8, 4) is 5.75 Å². The second-order valence-corrected chi connectivity index (χ2v) is 6.26. The smallest absolute Gasteiger partial charge is 0.263 e. The molecule has 0 fully saturated rings. The van der Waals surface area contributed by atoms with E-state index in [9.17, 15) is 9.90 Å². The maximum absolute atomic E-state index is 12.7. The van der Waals surface area contributed by atoms with E-state index in [0.717, 1.165) is 5.56 Å². The fraction of sp³-hybridized carbons (Fsp3) is 0.143. The monoisotopic (exact) mass is 346 g/mol. The van der Waals surface area contributed by atoms with Crippen LogP contribution in [-0.2, 0) is 11.9 Å². The molecule has 1 unspecified atom stereocenters. The van der Waals surface area contributed by atoms with E-state index >= 15 is 0 Å². The molecule has 3 aromatic rings. The van der Waals surface area contributed by atoms with Crippen molar-refractivity contribution < 1.29 is 9.94 Å².